The number of aliphatic hydroxyl groups is 2. The Kier molecular flexibility index (Phi) is 5.69. The number of hydrogen-bond acceptors (Lipinski definition) is 5. The van der Waals surface area contributed by atoms with Crippen LogP contribution in [0.25, 0.3) is 21.9 Å². The maximum absolute atomic E-state index is 12.4. The normalized spacial score (nSPS) is 13.2. The van der Waals surface area contributed by atoms with E-state index >= 15 is 0 Å². The number of fused-ring (bicyclic) bond motifs is 1. The summed E-state index contributed by atoms with van der Waals surface area (Å²) < 4.78 is 2.55. The zero-order chi connectivity index (χ0) is 23.9. The Balaban J connectivity index is 1.79. The highest BCUT2D eigenvalue weighted by molar-refractivity contribution is 9.10. The van der Waals surface area contributed by atoms with Crippen LogP contribution in [-0.4, -0.2) is 29.9 Å². The Bertz CT molecular complexity index is 1510. The molecular weight excluding hydrogens is 494 g/mol. The first-order valence-electron chi connectivity index (χ1n) is 10.7. The minimum atomic E-state index is -1.54. The number of pyridine rings is 1. The molecule has 7 heteroatoms. The van der Waals surface area contributed by atoms with Gasteiger partial charge in [0.15, 0.2) is 5.60 Å². The van der Waals surface area contributed by atoms with Crippen molar-refractivity contribution in [1.29, 1.82) is 0 Å². The summed E-state index contributed by atoms with van der Waals surface area (Å²) in [6.45, 7) is -0.166. The van der Waals surface area contributed by atoms with Gasteiger partial charge in [0.05, 0.1) is 24.8 Å². The highest BCUT2D eigenvalue weighted by Gasteiger charge is 2.37. The summed E-state index contributed by atoms with van der Waals surface area (Å²) >= 11 is 3.46. The Hall–Kier alpha value is -3.52. The van der Waals surface area contributed by atoms with Crippen molar-refractivity contribution in [2.75, 3.05) is 0 Å². The Labute approximate surface area is 204 Å². The lowest BCUT2D eigenvalue weighted by Crippen LogP contribution is -2.31. The van der Waals surface area contributed by atoms with Crippen molar-refractivity contribution >= 4 is 26.7 Å². The molecule has 2 heterocycles. The second-order valence-corrected chi connectivity index (χ2v) is 9.09. The fourth-order valence-electron chi connectivity index (χ4n) is 4.38. The van der Waals surface area contributed by atoms with Gasteiger partial charge >= 0.3 is 0 Å². The van der Waals surface area contributed by atoms with Crippen LogP contribution >= 0.6 is 15.9 Å². The number of imidazole rings is 1. The van der Waals surface area contributed by atoms with Gasteiger partial charge in [-0.25, -0.2) is 4.98 Å². The second-order valence-electron chi connectivity index (χ2n) is 8.24. The first kappa shape index (κ1) is 22.3. The molecule has 1 atom stereocenters. The molecule has 0 saturated carbocycles. The van der Waals surface area contributed by atoms with E-state index in [0.717, 1.165) is 26.4 Å². The summed E-state index contributed by atoms with van der Waals surface area (Å²) in [5, 5.41) is 34.0. The van der Waals surface area contributed by atoms with Crippen LogP contribution in [0.1, 0.15) is 22.4 Å². The molecule has 0 bridgehead atoms. The third-order valence-corrected chi connectivity index (χ3v) is 6.93. The number of aromatic nitrogens is 3. The predicted molar refractivity (Wildman–Crippen MR) is 134 cm³/mol. The third-order valence-electron chi connectivity index (χ3n) is 6.16. The van der Waals surface area contributed by atoms with Crippen LogP contribution < -0.4 is 0 Å². The molecule has 0 radical (unpaired) electrons. The summed E-state index contributed by atoms with van der Waals surface area (Å²) in [6.07, 6.45) is 6.83. The van der Waals surface area contributed by atoms with Crippen molar-refractivity contribution < 1.29 is 15.3 Å². The zero-order valence-corrected chi connectivity index (χ0v) is 19.9. The molecule has 3 aromatic carbocycles. The van der Waals surface area contributed by atoms with Gasteiger partial charge in [0.1, 0.15) is 5.75 Å². The highest BCUT2D eigenvalue weighted by atomic mass is 79.9. The van der Waals surface area contributed by atoms with Crippen LogP contribution in [0.5, 0.6) is 5.75 Å². The lowest BCUT2D eigenvalue weighted by Gasteiger charge is -2.30. The van der Waals surface area contributed by atoms with E-state index in [2.05, 4.69) is 25.9 Å². The molecule has 170 valence electrons. The van der Waals surface area contributed by atoms with Crippen molar-refractivity contribution in [3.8, 4) is 16.9 Å². The van der Waals surface area contributed by atoms with Crippen LogP contribution in [0.3, 0.4) is 0 Å². The number of benzene rings is 3. The summed E-state index contributed by atoms with van der Waals surface area (Å²) in [7, 11) is 1.84. The smallest absolute Gasteiger partial charge is 0.156 e. The van der Waals surface area contributed by atoms with E-state index in [9.17, 15) is 15.3 Å². The second kappa shape index (κ2) is 8.68. The van der Waals surface area contributed by atoms with Crippen LogP contribution in [0, 0.1) is 0 Å². The molecule has 0 spiro atoms. The van der Waals surface area contributed by atoms with E-state index in [4.69, 9.17) is 0 Å². The van der Waals surface area contributed by atoms with Gasteiger partial charge < -0.3 is 19.9 Å². The molecule has 0 aliphatic carbocycles. The number of aromatic hydroxyl groups is 1. The SMILES string of the molecule is Cn1cncc1C(O)(c1ccc(Br)c(CO)c1)c1ccc2cncc(-c3cccc(O)c3)c2c1. The van der Waals surface area contributed by atoms with Gasteiger partial charge in [0.2, 0.25) is 0 Å². The summed E-state index contributed by atoms with van der Waals surface area (Å²) in [5.41, 5.74) is 2.64. The topological polar surface area (TPSA) is 91.4 Å². The van der Waals surface area contributed by atoms with Gasteiger partial charge in [0.25, 0.3) is 0 Å². The minimum Gasteiger partial charge on any atom is -0.508 e. The molecular formula is C27H22BrN3O3. The fourth-order valence-corrected chi connectivity index (χ4v) is 4.75. The molecule has 5 rings (SSSR count). The van der Waals surface area contributed by atoms with Gasteiger partial charge in [-0.1, -0.05) is 46.3 Å². The van der Waals surface area contributed by atoms with Gasteiger partial charge in [0, 0.05) is 34.9 Å². The van der Waals surface area contributed by atoms with E-state index in [1.54, 1.807) is 53.8 Å². The Morgan fingerprint density at radius 2 is 1.74 bits per heavy atom. The molecule has 0 fully saturated rings. The summed E-state index contributed by atoms with van der Waals surface area (Å²) in [4.78, 5) is 8.62. The van der Waals surface area contributed by atoms with Crippen LogP contribution in [0.2, 0.25) is 0 Å². The van der Waals surface area contributed by atoms with Crippen molar-refractivity contribution in [3.05, 3.63) is 112 Å². The molecule has 3 N–H and O–H groups in total. The number of phenolic OH excluding ortho intramolecular Hbond substituents is 1. The number of phenols is 1. The van der Waals surface area contributed by atoms with Crippen LogP contribution in [-0.2, 0) is 19.3 Å². The van der Waals surface area contributed by atoms with Crippen LogP contribution in [0.4, 0.5) is 0 Å². The van der Waals surface area contributed by atoms with E-state index in [0.29, 0.717) is 22.4 Å². The molecule has 0 aliphatic heterocycles. The van der Waals surface area contributed by atoms with Crippen LogP contribution in [0.15, 0.2) is 90.1 Å². The van der Waals surface area contributed by atoms with Crippen molar-refractivity contribution in [2.24, 2.45) is 7.05 Å². The molecule has 0 aliphatic rings. The van der Waals surface area contributed by atoms with Gasteiger partial charge in [-0.05, 0) is 58.0 Å². The maximum Gasteiger partial charge on any atom is 0.156 e. The Morgan fingerprint density at radius 3 is 2.47 bits per heavy atom. The fraction of sp³-hybridized carbons (Fsp3) is 0.111. The largest absolute Gasteiger partial charge is 0.508 e. The number of nitrogens with zero attached hydrogens (tertiary/aromatic N) is 3. The predicted octanol–water partition coefficient (Wildman–Crippen LogP) is 4.88. The van der Waals surface area contributed by atoms with Crippen molar-refractivity contribution in [1.82, 2.24) is 14.5 Å². The number of hydrogen-bond donors (Lipinski definition) is 3. The molecule has 5 aromatic rings. The monoisotopic (exact) mass is 515 g/mol. The average Bonchev–Trinajstić information content (AvgIpc) is 3.29. The number of halogens is 1. The van der Waals surface area contributed by atoms with Gasteiger partial charge in [-0.2, -0.15) is 0 Å². The lowest BCUT2D eigenvalue weighted by atomic mass is 9.82. The number of aliphatic hydroxyl groups excluding tert-OH is 1. The maximum atomic E-state index is 12.4. The standard InChI is InChI=1S/C27H22BrN3O3/c1-31-16-30-14-26(31)27(34,20-7-8-25(28)19(9-20)15-32)21-6-5-18-12-29-13-24(23(18)11-21)17-3-2-4-22(33)10-17/h2-14,16,32-34H,15H2,1H3. The molecule has 6 nitrogen and oxygen atoms in total. The Morgan fingerprint density at radius 1 is 0.941 bits per heavy atom. The van der Waals surface area contributed by atoms with Gasteiger partial charge in [-0.3, -0.25) is 4.98 Å². The highest BCUT2D eigenvalue weighted by Crippen LogP contribution is 2.40. The molecule has 2 aromatic heterocycles. The number of rotatable bonds is 5. The molecule has 1 unspecified atom stereocenters. The van der Waals surface area contributed by atoms with Gasteiger partial charge in [-0.15, -0.1) is 0 Å². The molecule has 0 saturated heterocycles. The minimum absolute atomic E-state index is 0.166. The zero-order valence-electron chi connectivity index (χ0n) is 18.4. The summed E-state index contributed by atoms with van der Waals surface area (Å²) in [5.74, 6) is 0.170. The van der Waals surface area contributed by atoms with E-state index in [1.807, 2.05) is 43.4 Å². The first-order valence-corrected chi connectivity index (χ1v) is 11.5. The lowest BCUT2D eigenvalue weighted by molar-refractivity contribution is 0.117. The van der Waals surface area contributed by atoms with E-state index < -0.39 is 5.60 Å². The van der Waals surface area contributed by atoms with E-state index in [-0.39, 0.29) is 12.4 Å². The quantitative estimate of drug-likeness (QED) is 0.310. The van der Waals surface area contributed by atoms with Crippen molar-refractivity contribution in [2.45, 2.75) is 12.2 Å². The summed E-state index contributed by atoms with van der Waals surface area (Å²) in [6, 6.07) is 18.2. The van der Waals surface area contributed by atoms with Crippen molar-refractivity contribution in [3.63, 3.8) is 0 Å². The average molecular weight is 516 g/mol. The first-order chi connectivity index (χ1) is 16.4. The molecule has 0 amide bonds. The van der Waals surface area contributed by atoms with E-state index in [1.165, 1.54) is 0 Å². The molecule has 34 heavy (non-hydrogen) atoms. The third kappa shape index (κ3) is 3.68. The number of aryl methyl sites for hydroxylation is 1.